The fourth-order valence-corrected chi connectivity index (χ4v) is 2.07. The third-order valence-electron chi connectivity index (χ3n) is 3.13. The number of amides is 3. The molecule has 1 aromatic carbocycles. The predicted octanol–water partition coefficient (Wildman–Crippen LogP) is 1.46. The number of carbonyl (C=O) groups excluding carboxylic acids is 3. The maximum Gasteiger partial charge on any atom is 0.339 e. The number of hydrogen-bond acceptors (Lipinski definition) is 5. The lowest BCUT2D eigenvalue weighted by Crippen LogP contribution is -2.39. The highest BCUT2D eigenvalue weighted by atomic mass is 16.5. The van der Waals surface area contributed by atoms with Crippen molar-refractivity contribution in [3.63, 3.8) is 0 Å². The van der Waals surface area contributed by atoms with Crippen LogP contribution in [-0.2, 0) is 9.53 Å². The predicted molar refractivity (Wildman–Crippen MR) is 84.1 cm³/mol. The van der Waals surface area contributed by atoms with Crippen molar-refractivity contribution >= 4 is 28.8 Å². The second-order valence-electron chi connectivity index (χ2n) is 5.04. The highest BCUT2D eigenvalue weighted by Gasteiger charge is 2.16. The second-order valence-corrected chi connectivity index (χ2v) is 5.04. The van der Waals surface area contributed by atoms with Crippen molar-refractivity contribution in [3.05, 3.63) is 41.1 Å². The average Bonchev–Trinajstić information content (AvgIpc) is 2.52. The number of hydrogen-bond donors (Lipinski definition) is 2. The SMILES string of the molecule is CNC(=O)NC(=O)COC(=O)c1cc(C)nc2ccc(C)cc12. The molecule has 0 bridgehead atoms. The highest BCUT2D eigenvalue weighted by molar-refractivity contribution is 6.04. The number of rotatable bonds is 3. The number of imide groups is 1. The maximum absolute atomic E-state index is 12.3. The van der Waals surface area contributed by atoms with Gasteiger partial charge in [-0.1, -0.05) is 11.6 Å². The van der Waals surface area contributed by atoms with Crippen molar-refractivity contribution in [3.8, 4) is 0 Å². The van der Waals surface area contributed by atoms with E-state index < -0.39 is 24.5 Å². The topological polar surface area (TPSA) is 97.4 Å². The van der Waals surface area contributed by atoms with Crippen LogP contribution in [0.4, 0.5) is 4.79 Å². The van der Waals surface area contributed by atoms with E-state index in [0.717, 1.165) is 5.56 Å². The lowest BCUT2D eigenvalue weighted by atomic mass is 10.1. The zero-order valence-electron chi connectivity index (χ0n) is 13.1. The molecule has 3 amide bonds. The molecule has 0 aliphatic rings. The van der Waals surface area contributed by atoms with Gasteiger partial charge in [-0.15, -0.1) is 0 Å². The number of pyridine rings is 1. The molecule has 7 nitrogen and oxygen atoms in total. The monoisotopic (exact) mass is 315 g/mol. The van der Waals surface area contributed by atoms with E-state index in [-0.39, 0.29) is 0 Å². The van der Waals surface area contributed by atoms with Gasteiger partial charge in [0.15, 0.2) is 6.61 Å². The van der Waals surface area contributed by atoms with Crippen LogP contribution in [0.15, 0.2) is 24.3 Å². The van der Waals surface area contributed by atoms with E-state index in [1.54, 1.807) is 13.0 Å². The molecule has 0 radical (unpaired) electrons. The summed E-state index contributed by atoms with van der Waals surface area (Å²) >= 11 is 0. The number of fused-ring (bicyclic) bond motifs is 1. The summed E-state index contributed by atoms with van der Waals surface area (Å²) in [6.45, 7) is 3.14. The van der Waals surface area contributed by atoms with Gasteiger partial charge in [0, 0.05) is 18.1 Å². The van der Waals surface area contributed by atoms with E-state index in [0.29, 0.717) is 22.2 Å². The molecule has 0 spiro atoms. The number of urea groups is 1. The van der Waals surface area contributed by atoms with Crippen LogP contribution in [-0.4, -0.2) is 36.5 Å². The standard InChI is InChI=1S/C16H17N3O4/c1-9-4-5-13-11(6-9)12(7-10(2)18-13)15(21)23-8-14(20)19-16(22)17-3/h4-7H,8H2,1-3H3,(H2,17,19,20,22). The minimum absolute atomic E-state index is 0.337. The summed E-state index contributed by atoms with van der Waals surface area (Å²) in [5, 5.41) is 4.91. The van der Waals surface area contributed by atoms with Gasteiger partial charge in [0.1, 0.15) is 0 Å². The molecule has 0 atom stereocenters. The molecule has 0 saturated carbocycles. The Kier molecular flexibility index (Phi) is 4.90. The summed E-state index contributed by atoms with van der Waals surface area (Å²) < 4.78 is 4.98. The van der Waals surface area contributed by atoms with Gasteiger partial charge in [-0.3, -0.25) is 15.1 Å². The first-order valence-corrected chi connectivity index (χ1v) is 6.97. The third kappa shape index (κ3) is 4.03. The molecule has 0 saturated heterocycles. The number of aryl methyl sites for hydroxylation is 2. The van der Waals surface area contributed by atoms with Crippen LogP contribution in [0.2, 0.25) is 0 Å². The fourth-order valence-electron chi connectivity index (χ4n) is 2.07. The Labute approximate surface area is 133 Å². The van der Waals surface area contributed by atoms with Crippen LogP contribution < -0.4 is 10.6 Å². The summed E-state index contributed by atoms with van der Waals surface area (Å²) in [6.07, 6.45) is 0. The molecule has 0 fully saturated rings. The van der Waals surface area contributed by atoms with Gasteiger partial charge >= 0.3 is 12.0 Å². The van der Waals surface area contributed by atoms with Crippen molar-refractivity contribution in [2.75, 3.05) is 13.7 Å². The van der Waals surface area contributed by atoms with E-state index in [9.17, 15) is 14.4 Å². The van der Waals surface area contributed by atoms with E-state index >= 15 is 0 Å². The van der Waals surface area contributed by atoms with Gasteiger partial charge in [0.25, 0.3) is 5.91 Å². The van der Waals surface area contributed by atoms with Crippen LogP contribution in [0.5, 0.6) is 0 Å². The van der Waals surface area contributed by atoms with Gasteiger partial charge in [-0.25, -0.2) is 9.59 Å². The molecule has 23 heavy (non-hydrogen) atoms. The van der Waals surface area contributed by atoms with E-state index in [4.69, 9.17) is 4.74 Å². The Hall–Kier alpha value is -2.96. The molecule has 120 valence electrons. The van der Waals surface area contributed by atoms with Crippen molar-refractivity contribution in [2.45, 2.75) is 13.8 Å². The van der Waals surface area contributed by atoms with Crippen LogP contribution in [0.3, 0.4) is 0 Å². The first-order chi connectivity index (χ1) is 10.9. The fraction of sp³-hybridized carbons (Fsp3) is 0.250. The number of ether oxygens (including phenoxy) is 1. The van der Waals surface area contributed by atoms with Crippen LogP contribution in [0.25, 0.3) is 10.9 Å². The van der Waals surface area contributed by atoms with Crippen LogP contribution in [0, 0.1) is 13.8 Å². The highest BCUT2D eigenvalue weighted by Crippen LogP contribution is 2.20. The second kappa shape index (κ2) is 6.87. The Balaban J connectivity index is 2.19. The Bertz CT molecular complexity index is 786. The minimum atomic E-state index is -0.705. The lowest BCUT2D eigenvalue weighted by molar-refractivity contribution is -0.123. The van der Waals surface area contributed by atoms with Gasteiger partial charge in [-0.2, -0.15) is 0 Å². The Morgan fingerprint density at radius 1 is 1.17 bits per heavy atom. The normalized spacial score (nSPS) is 10.2. The molecule has 7 heteroatoms. The van der Waals surface area contributed by atoms with Crippen LogP contribution >= 0.6 is 0 Å². The van der Waals surface area contributed by atoms with E-state index in [2.05, 4.69) is 10.3 Å². The summed E-state index contributed by atoms with van der Waals surface area (Å²) in [6, 6.07) is 6.52. The van der Waals surface area contributed by atoms with Gasteiger partial charge in [0.2, 0.25) is 0 Å². The third-order valence-corrected chi connectivity index (χ3v) is 3.13. The summed E-state index contributed by atoms with van der Waals surface area (Å²) in [4.78, 5) is 39.1. The smallest absolute Gasteiger partial charge is 0.339 e. The molecular formula is C16H17N3O4. The average molecular weight is 315 g/mol. The quantitative estimate of drug-likeness (QED) is 0.836. The molecule has 1 aromatic heterocycles. The lowest BCUT2D eigenvalue weighted by Gasteiger charge is -2.09. The van der Waals surface area contributed by atoms with Crippen molar-refractivity contribution in [1.29, 1.82) is 0 Å². The minimum Gasteiger partial charge on any atom is -0.452 e. The van der Waals surface area contributed by atoms with E-state index in [1.165, 1.54) is 7.05 Å². The van der Waals surface area contributed by atoms with Crippen molar-refractivity contribution < 1.29 is 19.1 Å². The summed E-state index contributed by atoms with van der Waals surface area (Å²) in [5.74, 6) is -1.35. The number of carbonyl (C=O) groups is 3. The first kappa shape index (κ1) is 16.4. The maximum atomic E-state index is 12.3. The number of aromatic nitrogens is 1. The molecule has 2 rings (SSSR count). The van der Waals surface area contributed by atoms with Crippen molar-refractivity contribution in [1.82, 2.24) is 15.6 Å². The zero-order chi connectivity index (χ0) is 17.0. The van der Waals surface area contributed by atoms with Gasteiger partial charge < -0.3 is 10.1 Å². The molecule has 2 N–H and O–H groups in total. The molecule has 1 heterocycles. The summed E-state index contributed by atoms with van der Waals surface area (Å²) in [7, 11) is 1.38. The molecule has 2 aromatic rings. The molecule has 0 unspecified atom stereocenters. The Morgan fingerprint density at radius 3 is 2.61 bits per heavy atom. The zero-order valence-corrected chi connectivity index (χ0v) is 13.1. The number of esters is 1. The number of benzene rings is 1. The molecule has 0 aliphatic carbocycles. The summed E-state index contributed by atoms with van der Waals surface area (Å²) in [5.41, 5.74) is 2.67. The number of nitrogens with one attached hydrogen (secondary N) is 2. The largest absolute Gasteiger partial charge is 0.452 e. The molecule has 0 aliphatic heterocycles. The first-order valence-electron chi connectivity index (χ1n) is 6.97. The van der Waals surface area contributed by atoms with Gasteiger partial charge in [0.05, 0.1) is 11.1 Å². The van der Waals surface area contributed by atoms with Crippen molar-refractivity contribution in [2.24, 2.45) is 0 Å². The van der Waals surface area contributed by atoms with Gasteiger partial charge in [-0.05, 0) is 32.0 Å². The van der Waals surface area contributed by atoms with E-state index in [1.807, 2.05) is 30.4 Å². The Morgan fingerprint density at radius 2 is 1.91 bits per heavy atom. The van der Waals surface area contributed by atoms with Crippen LogP contribution in [0.1, 0.15) is 21.6 Å². The number of nitrogens with zero attached hydrogens (tertiary/aromatic N) is 1. The molecular weight excluding hydrogens is 298 g/mol.